The quantitative estimate of drug-likeness (QED) is 0.651. The van der Waals surface area contributed by atoms with Gasteiger partial charge in [0.25, 0.3) is 0 Å². The first-order valence-corrected chi connectivity index (χ1v) is 6.65. The highest BCUT2D eigenvalue weighted by atomic mass is 32.1. The van der Waals surface area contributed by atoms with E-state index in [-0.39, 0.29) is 6.04 Å². The van der Waals surface area contributed by atoms with Crippen molar-refractivity contribution in [1.82, 2.24) is 5.43 Å². The fourth-order valence-electron chi connectivity index (χ4n) is 1.69. The van der Waals surface area contributed by atoms with E-state index in [0.717, 1.165) is 10.6 Å². The summed E-state index contributed by atoms with van der Waals surface area (Å²) in [6.45, 7) is 2.10. The standard InChI is InChI=1S/C11H14N2OS2/c1-7-8(3-5-15-7)10(13-12)11-9(14-2)4-6-16-11/h3-6,10,13H,12H2,1-2H3. The topological polar surface area (TPSA) is 47.3 Å². The van der Waals surface area contributed by atoms with Gasteiger partial charge in [-0.3, -0.25) is 5.84 Å². The van der Waals surface area contributed by atoms with Crippen molar-refractivity contribution in [2.24, 2.45) is 5.84 Å². The fourth-order valence-corrected chi connectivity index (χ4v) is 3.37. The molecule has 0 radical (unpaired) electrons. The number of nitrogens with two attached hydrogens (primary N) is 1. The highest BCUT2D eigenvalue weighted by molar-refractivity contribution is 7.10. The van der Waals surface area contributed by atoms with Crippen LogP contribution in [0.4, 0.5) is 0 Å². The molecule has 2 aromatic rings. The van der Waals surface area contributed by atoms with Gasteiger partial charge >= 0.3 is 0 Å². The number of hydrazine groups is 1. The van der Waals surface area contributed by atoms with Crippen LogP contribution < -0.4 is 16.0 Å². The summed E-state index contributed by atoms with van der Waals surface area (Å²) in [7, 11) is 1.68. The number of rotatable bonds is 4. The second kappa shape index (κ2) is 4.97. The van der Waals surface area contributed by atoms with E-state index in [2.05, 4.69) is 23.8 Å². The van der Waals surface area contributed by atoms with Gasteiger partial charge in [0, 0.05) is 4.88 Å². The normalized spacial score (nSPS) is 12.7. The monoisotopic (exact) mass is 254 g/mol. The predicted molar refractivity (Wildman–Crippen MR) is 69.1 cm³/mol. The van der Waals surface area contributed by atoms with Crippen LogP contribution in [0, 0.1) is 6.92 Å². The molecule has 0 saturated heterocycles. The average Bonchev–Trinajstić information content (AvgIpc) is 2.90. The van der Waals surface area contributed by atoms with Gasteiger partial charge in [-0.1, -0.05) is 0 Å². The van der Waals surface area contributed by atoms with E-state index >= 15 is 0 Å². The minimum atomic E-state index is 0.0150. The Bertz CT molecular complexity index is 464. The lowest BCUT2D eigenvalue weighted by atomic mass is 10.1. The van der Waals surface area contributed by atoms with E-state index < -0.39 is 0 Å². The van der Waals surface area contributed by atoms with E-state index in [1.807, 2.05) is 11.4 Å². The fraction of sp³-hybridized carbons (Fsp3) is 0.273. The number of hydrogen-bond donors (Lipinski definition) is 2. The van der Waals surface area contributed by atoms with Gasteiger partial charge < -0.3 is 4.74 Å². The van der Waals surface area contributed by atoms with Crippen LogP contribution in [0.25, 0.3) is 0 Å². The molecule has 2 rings (SSSR count). The SMILES string of the molecule is COc1ccsc1C(NN)c1ccsc1C. The second-order valence-electron chi connectivity index (χ2n) is 3.39. The minimum Gasteiger partial charge on any atom is -0.496 e. The van der Waals surface area contributed by atoms with Crippen LogP contribution in [0.3, 0.4) is 0 Å². The zero-order valence-electron chi connectivity index (χ0n) is 9.19. The van der Waals surface area contributed by atoms with Crippen LogP contribution in [0.1, 0.15) is 21.4 Å². The Balaban J connectivity index is 2.40. The maximum atomic E-state index is 5.65. The molecular formula is C11H14N2OS2. The molecule has 16 heavy (non-hydrogen) atoms. The molecule has 3 nitrogen and oxygen atoms in total. The Kier molecular flexibility index (Phi) is 3.60. The first-order valence-electron chi connectivity index (χ1n) is 4.89. The number of hydrogen-bond acceptors (Lipinski definition) is 5. The van der Waals surface area contributed by atoms with E-state index in [0.29, 0.717) is 0 Å². The van der Waals surface area contributed by atoms with Gasteiger partial charge in [0.05, 0.1) is 18.0 Å². The molecule has 0 amide bonds. The summed E-state index contributed by atoms with van der Waals surface area (Å²) in [5.74, 6) is 6.54. The van der Waals surface area contributed by atoms with Crippen molar-refractivity contribution in [2.45, 2.75) is 13.0 Å². The summed E-state index contributed by atoms with van der Waals surface area (Å²) < 4.78 is 5.32. The maximum absolute atomic E-state index is 5.65. The molecule has 3 N–H and O–H groups in total. The number of thiophene rings is 2. The third-order valence-electron chi connectivity index (χ3n) is 2.52. The van der Waals surface area contributed by atoms with Crippen LogP contribution in [-0.4, -0.2) is 7.11 Å². The molecular weight excluding hydrogens is 240 g/mol. The number of ether oxygens (including phenoxy) is 1. The summed E-state index contributed by atoms with van der Waals surface area (Å²) in [4.78, 5) is 2.39. The summed E-state index contributed by atoms with van der Waals surface area (Å²) in [5.41, 5.74) is 4.08. The van der Waals surface area contributed by atoms with Gasteiger partial charge in [-0.2, -0.15) is 0 Å². The summed E-state index contributed by atoms with van der Waals surface area (Å²) in [6, 6.07) is 4.08. The molecule has 0 aromatic carbocycles. The molecule has 2 heterocycles. The Morgan fingerprint density at radius 1 is 1.31 bits per heavy atom. The zero-order chi connectivity index (χ0) is 11.5. The molecule has 0 aliphatic heterocycles. The molecule has 0 saturated carbocycles. The summed E-state index contributed by atoms with van der Waals surface area (Å²) >= 11 is 3.38. The third kappa shape index (κ3) is 1.99. The molecule has 0 bridgehead atoms. The van der Waals surface area contributed by atoms with E-state index in [9.17, 15) is 0 Å². The van der Waals surface area contributed by atoms with Crippen molar-refractivity contribution >= 4 is 22.7 Å². The van der Waals surface area contributed by atoms with Crippen LogP contribution in [0.2, 0.25) is 0 Å². The van der Waals surface area contributed by atoms with E-state index in [1.54, 1.807) is 29.8 Å². The molecule has 0 aliphatic carbocycles. The largest absolute Gasteiger partial charge is 0.496 e. The maximum Gasteiger partial charge on any atom is 0.134 e. The number of methoxy groups -OCH3 is 1. The van der Waals surface area contributed by atoms with Crippen LogP contribution in [-0.2, 0) is 0 Å². The number of aryl methyl sites for hydroxylation is 1. The smallest absolute Gasteiger partial charge is 0.134 e. The minimum absolute atomic E-state index is 0.0150. The lowest BCUT2D eigenvalue weighted by Crippen LogP contribution is -2.28. The Morgan fingerprint density at radius 3 is 2.62 bits per heavy atom. The first-order chi connectivity index (χ1) is 7.77. The highest BCUT2D eigenvalue weighted by Gasteiger charge is 2.20. The van der Waals surface area contributed by atoms with Gasteiger partial charge in [-0.25, -0.2) is 5.43 Å². The van der Waals surface area contributed by atoms with Gasteiger partial charge in [0.1, 0.15) is 5.75 Å². The average molecular weight is 254 g/mol. The van der Waals surface area contributed by atoms with Gasteiger partial charge in [0.2, 0.25) is 0 Å². The Morgan fingerprint density at radius 2 is 2.06 bits per heavy atom. The van der Waals surface area contributed by atoms with E-state index in [4.69, 9.17) is 10.6 Å². The lowest BCUT2D eigenvalue weighted by Gasteiger charge is -2.16. The molecule has 5 heteroatoms. The summed E-state index contributed by atoms with van der Waals surface area (Å²) in [5, 5.41) is 4.09. The molecule has 1 atom stereocenters. The van der Waals surface area contributed by atoms with Gasteiger partial charge in [-0.15, -0.1) is 22.7 Å². The highest BCUT2D eigenvalue weighted by Crippen LogP contribution is 2.36. The van der Waals surface area contributed by atoms with Crippen molar-refractivity contribution in [1.29, 1.82) is 0 Å². The molecule has 86 valence electrons. The lowest BCUT2D eigenvalue weighted by molar-refractivity contribution is 0.408. The molecule has 0 spiro atoms. The molecule has 2 aromatic heterocycles. The van der Waals surface area contributed by atoms with Crippen LogP contribution >= 0.6 is 22.7 Å². The van der Waals surface area contributed by atoms with Gasteiger partial charge in [0.15, 0.2) is 0 Å². The molecule has 0 aliphatic rings. The van der Waals surface area contributed by atoms with Crippen LogP contribution in [0.5, 0.6) is 5.75 Å². The third-order valence-corrected chi connectivity index (χ3v) is 4.34. The van der Waals surface area contributed by atoms with E-state index in [1.165, 1.54) is 10.4 Å². The first kappa shape index (κ1) is 11.6. The summed E-state index contributed by atoms with van der Waals surface area (Å²) in [6.07, 6.45) is 0. The zero-order valence-corrected chi connectivity index (χ0v) is 10.8. The van der Waals surface area contributed by atoms with Crippen molar-refractivity contribution in [3.63, 3.8) is 0 Å². The van der Waals surface area contributed by atoms with Crippen LogP contribution in [0.15, 0.2) is 22.9 Å². The molecule has 1 unspecified atom stereocenters. The van der Waals surface area contributed by atoms with Crippen molar-refractivity contribution in [3.8, 4) is 5.75 Å². The van der Waals surface area contributed by atoms with Gasteiger partial charge in [-0.05, 0) is 35.4 Å². The van der Waals surface area contributed by atoms with Crippen molar-refractivity contribution in [2.75, 3.05) is 7.11 Å². The Labute approximate surface area is 103 Å². The predicted octanol–water partition coefficient (Wildman–Crippen LogP) is 2.68. The molecule has 0 fully saturated rings. The number of nitrogens with one attached hydrogen (secondary N) is 1. The Hall–Kier alpha value is -0.880. The second-order valence-corrected chi connectivity index (χ2v) is 5.45. The van der Waals surface area contributed by atoms with Crippen molar-refractivity contribution in [3.05, 3.63) is 38.2 Å². The van der Waals surface area contributed by atoms with Crippen molar-refractivity contribution < 1.29 is 4.74 Å².